The summed E-state index contributed by atoms with van der Waals surface area (Å²) in [4.78, 5) is 31.5. The molecule has 1 aromatic carbocycles. The molecule has 3 aliphatic carbocycles. The van der Waals surface area contributed by atoms with Crippen LogP contribution in [0, 0.1) is 17.8 Å². The minimum absolute atomic E-state index is 0.0465. The molecule has 7 unspecified atom stereocenters. The average molecular weight is 540 g/mol. The van der Waals surface area contributed by atoms with E-state index in [1.54, 1.807) is 6.08 Å². The second kappa shape index (κ2) is 11.6. The molecule has 7 atom stereocenters. The van der Waals surface area contributed by atoms with Crippen LogP contribution in [-0.2, 0) is 14.3 Å². The van der Waals surface area contributed by atoms with Crippen LogP contribution in [0.5, 0.6) is 5.75 Å². The molecule has 9 heteroatoms. The molecule has 39 heavy (non-hydrogen) atoms. The van der Waals surface area contributed by atoms with Crippen LogP contribution in [0.2, 0.25) is 0 Å². The number of rotatable bonds is 9. The lowest BCUT2D eigenvalue weighted by Crippen LogP contribution is -2.57. The van der Waals surface area contributed by atoms with Crippen molar-refractivity contribution in [3.05, 3.63) is 41.5 Å². The molecule has 2 amide bonds. The lowest BCUT2D eigenvalue weighted by atomic mass is 9.77. The maximum Gasteiger partial charge on any atom is 0.247 e. The molecule has 2 heterocycles. The Kier molecular flexibility index (Phi) is 7.93. The van der Waals surface area contributed by atoms with Crippen molar-refractivity contribution >= 4 is 11.8 Å². The fraction of sp³-hybridized carbons (Fsp3) is 0.667. The normalized spacial score (nSPS) is 33.2. The van der Waals surface area contributed by atoms with Gasteiger partial charge < -0.3 is 29.9 Å². The number of hydrogen-bond acceptors (Lipinski definition) is 7. The first-order valence-electron chi connectivity index (χ1n) is 14.7. The van der Waals surface area contributed by atoms with Crippen LogP contribution in [0.15, 0.2) is 35.9 Å². The van der Waals surface area contributed by atoms with Crippen LogP contribution < -0.4 is 10.1 Å². The second-order valence-corrected chi connectivity index (χ2v) is 11.9. The summed E-state index contributed by atoms with van der Waals surface area (Å²) >= 11 is 0. The number of fused-ring (bicyclic) bond motifs is 5. The van der Waals surface area contributed by atoms with E-state index in [0.29, 0.717) is 55.9 Å². The van der Waals surface area contributed by atoms with Gasteiger partial charge in [0.2, 0.25) is 11.8 Å². The molecule has 2 bridgehead atoms. The van der Waals surface area contributed by atoms with E-state index in [-0.39, 0.29) is 25.0 Å². The van der Waals surface area contributed by atoms with Crippen molar-refractivity contribution in [3.63, 3.8) is 0 Å². The first-order valence-corrected chi connectivity index (χ1v) is 14.7. The number of para-hydroxylation sites is 1. The van der Waals surface area contributed by atoms with Gasteiger partial charge >= 0.3 is 0 Å². The number of ether oxygens (including phenoxy) is 2. The van der Waals surface area contributed by atoms with Gasteiger partial charge in [-0.25, -0.2) is 0 Å². The Labute approximate surface area is 230 Å². The molecule has 2 aliphatic heterocycles. The Hall–Kier alpha value is -2.46. The van der Waals surface area contributed by atoms with Crippen molar-refractivity contribution < 1.29 is 29.3 Å². The standard InChI is InChI=1S/C30H41N3O6/c34-12-7-31-30(37)23-18-24(28(36)29-27(23)22-3-1-2-4-25(22)39-29)33(9-8-32-10-13-38-14-11-32)26(35)17-21-16-19-5-6-20(21)15-19/h1-4,18-21,24,27-29,34,36H,5-17H2,(H,31,37). The number of amides is 2. The van der Waals surface area contributed by atoms with Crippen LogP contribution in [0.1, 0.15) is 43.6 Å². The summed E-state index contributed by atoms with van der Waals surface area (Å²) in [5, 5.41) is 23.9. The van der Waals surface area contributed by atoms with E-state index in [4.69, 9.17) is 9.47 Å². The smallest absolute Gasteiger partial charge is 0.247 e. The summed E-state index contributed by atoms with van der Waals surface area (Å²) < 4.78 is 11.8. The molecule has 3 fully saturated rings. The first kappa shape index (κ1) is 26.7. The predicted octanol–water partition coefficient (Wildman–Crippen LogP) is 1.30. The molecule has 212 valence electrons. The van der Waals surface area contributed by atoms with E-state index in [9.17, 15) is 19.8 Å². The Morgan fingerprint density at radius 1 is 1.13 bits per heavy atom. The highest BCUT2D eigenvalue weighted by atomic mass is 16.5. The average Bonchev–Trinajstić information content (AvgIpc) is 3.68. The number of nitrogens with one attached hydrogen (secondary N) is 1. The van der Waals surface area contributed by atoms with Gasteiger partial charge in [-0.05, 0) is 49.2 Å². The molecule has 2 saturated carbocycles. The van der Waals surface area contributed by atoms with E-state index >= 15 is 0 Å². The van der Waals surface area contributed by atoms with Gasteiger partial charge in [0.1, 0.15) is 18.0 Å². The summed E-state index contributed by atoms with van der Waals surface area (Å²) in [6.45, 7) is 4.10. The topological polar surface area (TPSA) is 112 Å². The highest BCUT2D eigenvalue weighted by molar-refractivity contribution is 5.96. The summed E-state index contributed by atoms with van der Waals surface area (Å²) in [7, 11) is 0. The highest BCUT2D eigenvalue weighted by Gasteiger charge is 2.51. The maximum atomic E-state index is 14.0. The van der Waals surface area contributed by atoms with Gasteiger partial charge in [-0.2, -0.15) is 0 Å². The van der Waals surface area contributed by atoms with Gasteiger partial charge in [-0.1, -0.05) is 24.6 Å². The Balaban J connectivity index is 1.30. The number of carbonyl (C=O) groups is 2. The van der Waals surface area contributed by atoms with Crippen LogP contribution >= 0.6 is 0 Å². The Morgan fingerprint density at radius 2 is 1.95 bits per heavy atom. The molecule has 0 aromatic heterocycles. The molecule has 1 saturated heterocycles. The monoisotopic (exact) mass is 539 g/mol. The quantitative estimate of drug-likeness (QED) is 0.434. The lowest BCUT2D eigenvalue weighted by molar-refractivity contribution is -0.139. The van der Waals surface area contributed by atoms with Crippen molar-refractivity contribution in [1.29, 1.82) is 0 Å². The van der Waals surface area contributed by atoms with E-state index in [1.807, 2.05) is 29.2 Å². The predicted molar refractivity (Wildman–Crippen MR) is 144 cm³/mol. The molecule has 1 aromatic rings. The van der Waals surface area contributed by atoms with Gasteiger partial charge in [0.05, 0.1) is 31.8 Å². The number of nitrogens with zero attached hydrogens (tertiary/aromatic N) is 2. The fourth-order valence-corrected chi connectivity index (χ4v) is 7.67. The number of benzene rings is 1. The van der Waals surface area contributed by atoms with Crippen molar-refractivity contribution in [3.8, 4) is 5.75 Å². The van der Waals surface area contributed by atoms with Crippen molar-refractivity contribution in [2.24, 2.45) is 17.8 Å². The minimum Gasteiger partial charge on any atom is -0.486 e. The summed E-state index contributed by atoms with van der Waals surface area (Å²) in [6, 6.07) is 6.89. The van der Waals surface area contributed by atoms with E-state index in [2.05, 4.69) is 10.2 Å². The summed E-state index contributed by atoms with van der Waals surface area (Å²) in [5.74, 6) is 1.75. The highest BCUT2D eigenvalue weighted by Crippen LogP contribution is 2.50. The van der Waals surface area contributed by atoms with Gasteiger partial charge in [-0.3, -0.25) is 14.5 Å². The maximum absolute atomic E-state index is 14.0. The molecule has 0 radical (unpaired) electrons. The third-order valence-electron chi connectivity index (χ3n) is 9.64. The zero-order chi connectivity index (χ0) is 26.9. The number of carbonyl (C=O) groups excluding carboxylic acids is 2. The largest absolute Gasteiger partial charge is 0.486 e. The van der Waals surface area contributed by atoms with Gasteiger partial charge in [0, 0.05) is 50.3 Å². The summed E-state index contributed by atoms with van der Waals surface area (Å²) in [5.41, 5.74) is 1.34. The van der Waals surface area contributed by atoms with Gasteiger partial charge in [0.25, 0.3) is 0 Å². The lowest BCUT2D eigenvalue weighted by Gasteiger charge is -2.42. The molecular weight excluding hydrogens is 498 g/mol. The number of hydrogen-bond donors (Lipinski definition) is 3. The van der Waals surface area contributed by atoms with Crippen molar-refractivity contribution in [2.75, 3.05) is 52.5 Å². The molecule has 5 aliphatic rings. The molecule has 3 N–H and O–H groups in total. The molecular formula is C30H41N3O6. The third-order valence-corrected chi connectivity index (χ3v) is 9.64. The summed E-state index contributed by atoms with van der Waals surface area (Å²) in [6.07, 6.45) is 5.49. The van der Waals surface area contributed by atoms with Crippen LogP contribution in [0.4, 0.5) is 0 Å². The molecule has 0 spiro atoms. The van der Waals surface area contributed by atoms with Crippen molar-refractivity contribution in [2.45, 2.75) is 56.3 Å². The third kappa shape index (κ3) is 5.34. The number of aliphatic hydroxyl groups excluding tert-OH is 2. The number of aliphatic hydroxyl groups is 2. The minimum atomic E-state index is -0.981. The van der Waals surface area contributed by atoms with Crippen LogP contribution in [-0.4, -0.2) is 103 Å². The second-order valence-electron chi connectivity index (χ2n) is 11.9. The molecule has 6 rings (SSSR count). The zero-order valence-electron chi connectivity index (χ0n) is 22.5. The van der Waals surface area contributed by atoms with Gasteiger partial charge in [0.15, 0.2) is 0 Å². The SMILES string of the molecule is O=C(NCCO)C1=CC(N(CCN2CCOCC2)C(=O)CC2CC3CCC2C3)C(O)C2Oc3ccccc3C12. The fourth-order valence-electron chi connectivity index (χ4n) is 7.67. The van der Waals surface area contributed by atoms with Crippen LogP contribution in [0.3, 0.4) is 0 Å². The Morgan fingerprint density at radius 3 is 2.69 bits per heavy atom. The first-order chi connectivity index (χ1) is 19.0. The van der Waals surface area contributed by atoms with E-state index in [1.165, 1.54) is 19.3 Å². The zero-order valence-corrected chi connectivity index (χ0v) is 22.5. The van der Waals surface area contributed by atoms with E-state index in [0.717, 1.165) is 31.0 Å². The van der Waals surface area contributed by atoms with Gasteiger partial charge in [-0.15, -0.1) is 0 Å². The Bertz CT molecular complexity index is 1090. The van der Waals surface area contributed by atoms with E-state index < -0.39 is 24.2 Å². The van der Waals surface area contributed by atoms with Crippen LogP contribution in [0.25, 0.3) is 0 Å². The van der Waals surface area contributed by atoms with Crippen molar-refractivity contribution in [1.82, 2.24) is 15.1 Å². The number of morpholine rings is 1. The molecule has 9 nitrogen and oxygen atoms in total.